The van der Waals surface area contributed by atoms with Gasteiger partial charge in [0.2, 0.25) is 5.95 Å². The number of halogens is 3. The van der Waals surface area contributed by atoms with Gasteiger partial charge in [-0.25, -0.2) is 4.98 Å². The zero-order chi connectivity index (χ0) is 21.4. The van der Waals surface area contributed by atoms with Crippen LogP contribution in [0.2, 0.25) is 0 Å². The van der Waals surface area contributed by atoms with Crippen LogP contribution in [0.1, 0.15) is 31.2 Å². The zero-order valence-electron chi connectivity index (χ0n) is 17.1. The van der Waals surface area contributed by atoms with Crippen molar-refractivity contribution in [1.29, 1.82) is 0 Å². The summed E-state index contributed by atoms with van der Waals surface area (Å²) in [5.41, 5.74) is -0.668. The number of rotatable bonds is 9. The van der Waals surface area contributed by atoms with Crippen molar-refractivity contribution in [3.63, 3.8) is 0 Å². The molecule has 1 aromatic heterocycles. The van der Waals surface area contributed by atoms with Crippen LogP contribution in [0, 0.1) is 0 Å². The lowest BCUT2D eigenvalue weighted by Crippen LogP contribution is -2.82. The molecule has 4 aliphatic rings. The largest absolute Gasteiger partial charge is 0.421 e. The van der Waals surface area contributed by atoms with Gasteiger partial charge in [-0.1, -0.05) is 0 Å². The van der Waals surface area contributed by atoms with Crippen LogP contribution >= 0.6 is 12.1 Å². The molecule has 0 spiro atoms. The number of nitrogens with zero attached hydrogens (tertiary/aromatic N) is 4. The van der Waals surface area contributed by atoms with E-state index in [1.54, 1.807) is 0 Å². The summed E-state index contributed by atoms with van der Waals surface area (Å²) in [7, 11) is 2.14. The highest BCUT2D eigenvalue weighted by molar-refractivity contribution is 7.95. The Morgan fingerprint density at radius 3 is 2.50 bits per heavy atom. The predicted molar refractivity (Wildman–Crippen MR) is 112 cm³/mol. The van der Waals surface area contributed by atoms with Gasteiger partial charge in [-0.05, 0) is 32.7 Å². The van der Waals surface area contributed by atoms with Gasteiger partial charge in [-0.3, -0.25) is 14.8 Å². The Kier molecular flexibility index (Phi) is 6.05. The second kappa shape index (κ2) is 8.30. The smallest absolute Gasteiger partial charge is 0.369 e. The first-order chi connectivity index (χ1) is 14.3. The fourth-order valence-corrected chi connectivity index (χ4v) is 5.19. The zero-order valence-corrected chi connectivity index (χ0v) is 17.9. The molecule has 0 radical (unpaired) electrons. The molecule has 168 valence electrons. The van der Waals surface area contributed by atoms with Crippen LogP contribution in [-0.2, 0) is 6.18 Å². The minimum atomic E-state index is -4.51. The standard InChI is InChI=1S/C18H29F3N8S/c1-28-5-7-29(8-6-28)17-10-16(11-17,12-17)27-15-24-9-13(18(19,20)21)14(26-15)23-3-2-4-25-30-22/h9,25H,2-8,10-12,22H2,1H3,(H2,23,24,26,27). The van der Waals surface area contributed by atoms with E-state index in [-0.39, 0.29) is 22.8 Å². The quantitative estimate of drug-likeness (QED) is 0.334. The molecule has 4 fully saturated rings. The Morgan fingerprint density at radius 1 is 1.17 bits per heavy atom. The van der Waals surface area contributed by atoms with Gasteiger partial charge in [0.1, 0.15) is 11.4 Å². The van der Waals surface area contributed by atoms with Crippen LogP contribution in [0.5, 0.6) is 0 Å². The third kappa shape index (κ3) is 4.33. The summed E-state index contributed by atoms with van der Waals surface area (Å²) < 4.78 is 42.9. The SMILES string of the molecule is CN1CCN(C23CC(Nc4ncc(C(F)(F)F)c(NCCCNSN)n4)(C2)C3)CC1. The monoisotopic (exact) mass is 446 g/mol. The molecule has 3 aliphatic carbocycles. The molecule has 5 rings (SSSR count). The second-order valence-corrected chi connectivity index (χ2v) is 9.22. The van der Waals surface area contributed by atoms with E-state index in [1.165, 1.54) is 0 Å². The number of hydrogen-bond acceptors (Lipinski definition) is 9. The molecule has 8 nitrogen and oxygen atoms in total. The minimum absolute atomic E-state index is 0.0807. The van der Waals surface area contributed by atoms with Crippen molar-refractivity contribution in [2.24, 2.45) is 5.14 Å². The first-order valence-electron chi connectivity index (χ1n) is 10.2. The number of nitrogens with two attached hydrogens (primary N) is 1. The van der Waals surface area contributed by atoms with Gasteiger partial charge in [0, 0.05) is 68.7 Å². The number of likely N-dealkylation sites (N-methyl/N-ethyl adjacent to an activating group) is 1. The number of hydrogen-bond donors (Lipinski definition) is 4. The molecule has 5 N–H and O–H groups in total. The van der Waals surface area contributed by atoms with Crippen molar-refractivity contribution in [3.8, 4) is 0 Å². The maximum absolute atomic E-state index is 13.3. The van der Waals surface area contributed by atoms with E-state index >= 15 is 0 Å². The summed E-state index contributed by atoms with van der Waals surface area (Å²) in [5.74, 6) is 0.0774. The summed E-state index contributed by atoms with van der Waals surface area (Å²) in [5, 5.41) is 11.4. The van der Waals surface area contributed by atoms with E-state index in [0.717, 1.165) is 63.8 Å². The normalized spacial score (nSPS) is 29.2. The predicted octanol–water partition coefficient (Wildman–Crippen LogP) is 1.74. The van der Waals surface area contributed by atoms with E-state index < -0.39 is 11.7 Å². The first kappa shape index (κ1) is 21.9. The van der Waals surface area contributed by atoms with Gasteiger partial charge < -0.3 is 15.5 Å². The molecular weight excluding hydrogens is 417 g/mol. The lowest BCUT2D eigenvalue weighted by Gasteiger charge is -2.74. The van der Waals surface area contributed by atoms with Crippen LogP contribution in [-0.4, -0.2) is 77.2 Å². The molecule has 3 saturated carbocycles. The van der Waals surface area contributed by atoms with Gasteiger partial charge in [-0.2, -0.15) is 18.2 Å². The van der Waals surface area contributed by atoms with Gasteiger partial charge >= 0.3 is 6.18 Å². The van der Waals surface area contributed by atoms with Crippen molar-refractivity contribution in [2.45, 2.75) is 42.9 Å². The van der Waals surface area contributed by atoms with Crippen LogP contribution in [0.4, 0.5) is 24.9 Å². The first-order valence-corrected chi connectivity index (χ1v) is 11.1. The molecule has 2 bridgehead atoms. The van der Waals surface area contributed by atoms with Crippen LogP contribution in [0.3, 0.4) is 0 Å². The lowest BCUT2D eigenvalue weighted by atomic mass is 9.43. The number of nitrogens with one attached hydrogen (secondary N) is 3. The molecule has 2 heterocycles. The van der Waals surface area contributed by atoms with E-state index in [9.17, 15) is 13.2 Å². The maximum atomic E-state index is 13.3. The molecular formula is C18H29F3N8S. The van der Waals surface area contributed by atoms with Gasteiger partial charge in [0.15, 0.2) is 0 Å². The highest BCUT2D eigenvalue weighted by Crippen LogP contribution is 2.64. The van der Waals surface area contributed by atoms with Crippen molar-refractivity contribution >= 4 is 23.9 Å². The molecule has 12 heteroatoms. The average Bonchev–Trinajstić information content (AvgIpc) is 2.63. The van der Waals surface area contributed by atoms with E-state index in [2.05, 4.69) is 42.2 Å². The molecule has 0 atom stereocenters. The van der Waals surface area contributed by atoms with E-state index in [4.69, 9.17) is 5.14 Å². The molecule has 1 saturated heterocycles. The Hall–Kier alpha value is -1.34. The maximum Gasteiger partial charge on any atom is 0.421 e. The van der Waals surface area contributed by atoms with Crippen LogP contribution in [0.15, 0.2) is 6.20 Å². The lowest BCUT2D eigenvalue weighted by molar-refractivity contribution is -0.160. The number of piperazine rings is 1. The molecule has 30 heavy (non-hydrogen) atoms. The Morgan fingerprint density at radius 2 is 1.87 bits per heavy atom. The van der Waals surface area contributed by atoms with Gasteiger partial charge in [0.25, 0.3) is 0 Å². The van der Waals surface area contributed by atoms with Crippen molar-refractivity contribution < 1.29 is 13.2 Å². The molecule has 1 aliphatic heterocycles. The van der Waals surface area contributed by atoms with Gasteiger partial charge in [-0.15, -0.1) is 0 Å². The number of anilines is 2. The van der Waals surface area contributed by atoms with Crippen LogP contribution in [0.25, 0.3) is 0 Å². The molecule has 0 aromatic carbocycles. The summed E-state index contributed by atoms with van der Waals surface area (Å²) in [6, 6.07) is 0. The molecule has 0 unspecified atom stereocenters. The van der Waals surface area contributed by atoms with E-state index in [1.807, 2.05) is 0 Å². The van der Waals surface area contributed by atoms with Gasteiger partial charge in [0.05, 0.1) is 0 Å². The van der Waals surface area contributed by atoms with Crippen molar-refractivity contribution in [3.05, 3.63) is 11.8 Å². The number of alkyl halides is 3. The summed E-state index contributed by atoms with van der Waals surface area (Å²) in [6.45, 7) is 5.26. The Bertz CT molecular complexity index is 734. The fourth-order valence-electron chi connectivity index (χ4n) is 4.93. The van der Waals surface area contributed by atoms with Crippen molar-refractivity contribution in [2.75, 3.05) is 56.9 Å². The Labute approximate surface area is 178 Å². The van der Waals surface area contributed by atoms with E-state index in [0.29, 0.717) is 19.5 Å². The summed E-state index contributed by atoms with van der Waals surface area (Å²) in [6.07, 6.45) is -0.0229. The molecule has 0 amide bonds. The number of aromatic nitrogens is 2. The minimum Gasteiger partial charge on any atom is -0.369 e. The summed E-state index contributed by atoms with van der Waals surface area (Å²) in [4.78, 5) is 13.0. The average molecular weight is 447 g/mol. The third-order valence-electron chi connectivity index (χ3n) is 6.48. The Balaban J connectivity index is 1.36. The third-order valence-corrected chi connectivity index (χ3v) is 6.85. The molecule has 1 aromatic rings. The highest BCUT2D eigenvalue weighted by atomic mass is 32.2. The van der Waals surface area contributed by atoms with Crippen molar-refractivity contribution in [1.82, 2.24) is 24.5 Å². The topological polar surface area (TPSA) is 94.4 Å². The highest BCUT2D eigenvalue weighted by Gasteiger charge is 2.70. The fraction of sp³-hybridized carbons (Fsp3) is 0.778. The summed E-state index contributed by atoms with van der Waals surface area (Å²) >= 11 is 0.988. The van der Waals surface area contributed by atoms with Crippen LogP contribution < -0.4 is 20.5 Å². The second-order valence-electron chi connectivity index (χ2n) is 8.70.